The third-order valence-electron chi connectivity index (χ3n) is 4.30. The Hall–Kier alpha value is -0.593. The molecule has 5 nitrogen and oxygen atoms in total. The summed E-state index contributed by atoms with van der Waals surface area (Å²) in [5.74, 6) is -0.0142. The lowest BCUT2D eigenvalue weighted by molar-refractivity contribution is 0.0301. The average Bonchev–Trinajstić information content (AvgIpc) is 2.26. The highest BCUT2D eigenvalue weighted by atomic mass is 28.4. The summed E-state index contributed by atoms with van der Waals surface area (Å²) in [5.41, 5.74) is 0. The summed E-state index contributed by atoms with van der Waals surface area (Å²) in [6.45, 7) is 11.7. The number of amides is 1. The SMILES string of the molecule is CC(C)(C)[Si](C)(C)OC1CC(CO)CN(C(=O)O)C1. The average molecular weight is 289 g/mol. The molecule has 0 radical (unpaired) electrons. The topological polar surface area (TPSA) is 70.0 Å². The van der Waals surface area contributed by atoms with Gasteiger partial charge in [0.2, 0.25) is 0 Å². The van der Waals surface area contributed by atoms with Crippen LogP contribution in [0.15, 0.2) is 0 Å². The quantitative estimate of drug-likeness (QED) is 0.783. The Morgan fingerprint density at radius 3 is 2.37 bits per heavy atom. The Bertz CT molecular complexity index is 327. The molecule has 0 spiro atoms. The Balaban J connectivity index is 2.74. The van der Waals surface area contributed by atoms with Crippen LogP contribution < -0.4 is 0 Å². The molecule has 0 bridgehead atoms. The molecule has 1 amide bonds. The molecule has 0 aliphatic carbocycles. The molecular formula is C13H27NO4Si. The summed E-state index contributed by atoms with van der Waals surface area (Å²) >= 11 is 0. The number of aliphatic hydroxyl groups is 1. The number of aliphatic hydroxyl groups excluding tert-OH is 1. The van der Waals surface area contributed by atoms with E-state index in [9.17, 15) is 9.90 Å². The van der Waals surface area contributed by atoms with Crippen molar-refractivity contribution in [2.24, 2.45) is 5.92 Å². The van der Waals surface area contributed by atoms with Crippen LogP contribution in [0.5, 0.6) is 0 Å². The highest BCUT2D eigenvalue weighted by Crippen LogP contribution is 2.38. The molecule has 0 aromatic heterocycles. The van der Waals surface area contributed by atoms with Gasteiger partial charge in [-0.3, -0.25) is 0 Å². The fourth-order valence-corrected chi connectivity index (χ4v) is 3.48. The summed E-state index contributed by atoms with van der Waals surface area (Å²) in [5, 5.41) is 18.5. The smallest absolute Gasteiger partial charge is 0.407 e. The molecule has 0 aromatic carbocycles. The third-order valence-corrected chi connectivity index (χ3v) is 8.83. The Morgan fingerprint density at radius 1 is 1.37 bits per heavy atom. The van der Waals surface area contributed by atoms with Crippen molar-refractivity contribution in [1.29, 1.82) is 0 Å². The van der Waals surface area contributed by atoms with Crippen LogP contribution in [0.4, 0.5) is 4.79 Å². The van der Waals surface area contributed by atoms with E-state index in [4.69, 9.17) is 9.53 Å². The Kier molecular flexibility index (Phi) is 5.03. The van der Waals surface area contributed by atoms with Crippen molar-refractivity contribution >= 4 is 14.4 Å². The molecule has 2 unspecified atom stereocenters. The molecule has 1 aliphatic heterocycles. The minimum atomic E-state index is -1.90. The lowest BCUT2D eigenvalue weighted by Crippen LogP contribution is -2.52. The van der Waals surface area contributed by atoms with Crippen LogP contribution in [0.2, 0.25) is 18.1 Å². The number of carbonyl (C=O) groups is 1. The van der Waals surface area contributed by atoms with Crippen LogP contribution >= 0.6 is 0 Å². The minimum absolute atomic E-state index is 0.0142. The third kappa shape index (κ3) is 4.19. The van der Waals surface area contributed by atoms with Gasteiger partial charge in [-0.2, -0.15) is 0 Å². The zero-order chi connectivity index (χ0) is 14.8. The maximum Gasteiger partial charge on any atom is 0.407 e. The fraction of sp³-hybridized carbons (Fsp3) is 0.923. The van der Waals surface area contributed by atoms with E-state index in [0.29, 0.717) is 13.1 Å². The first-order valence-electron chi connectivity index (χ1n) is 6.83. The highest BCUT2D eigenvalue weighted by molar-refractivity contribution is 6.74. The summed E-state index contributed by atoms with van der Waals surface area (Å²) in [6, 6.07) is 0. The number of nitrogens with zero attached hydrogens (tertiary/aromatic N) is 1. The molecule has 19 heavy (non-hydrogen) atoms. The second-order valence-corrected chi connectivity index (χ2v) is 11.7. The molecule has 1 heterocycles. The molecule has 2 atom stereocenters. The van der Waals surface area contributed by atoms with Gasteiger partial charge in [-0.05, 0) is 24.6 Å². The summed E-state index contributed by atoms with van der Waals surface area (Å²) < 4.78 is 6.28. The molecule has 1 saturated heterocycles. The molecule has 0 saturated carbocycles. The zero-order valence-electron chi connectivity index (χ0n) is 12.6. The number of likely N-dealkylation sites (tertiary alicyclic amines) is 1. The maximum absolute atomic E-state index is 11.1. The lowest BCUT2D eigenvalue weighted by atomic mass is 9.97. The Labute approximate surface area is 116 Å². The number of carboxylic acid groups (broad SMARTS) is 1. The summed E-state index contributed by atoms with van der Waals surface area (Å²) in [4.78, 5) is 12.5. The van der Waals surface area contributed by atoms with Gasteiger partial charge in [-0.1, -0.05) is 20.8 Å². The van der Waals surface area contributed by atoms with Gasteiger partial charge >= 0.3 is 6.09 Å². The van der Waals surface area contributed by atoms with Gasteiger partial charge in [0.05, 0.1) is 6.10 Å². The van der Waals surface area contributed by atoms with Gasteiger partial charge in [0, 0.05) is 25.6 Å². The van der Waals surface area contributed by atoms with Crippen molar-refractivity contribution in [3.63, 3.8) is 0 Å². The van der Waals surface area contributed by atoms with E-state index in [-0.39, 0.29) is 23.7 Å². The van der Waals surface area contributed by atoms with E-state index in [1.165, 1.54) is 4.90 Å². The van der Waals surface area contributed by atoms with Gasteiger partial charge in [0.1, 0.15) is 0 Å². The minimum Gasteiger partial charge on any atom is -0.465 e. The van der Waals surface area contributed by atoms with Crippen LogP contribution in [-0.2, 0) is 4.43 Å². The molecular weight excluding hydrogens is 262 g/mol. The number of piperidine rings is 1. The zero-order valence-corrected chi connectivity index (χ0v) is 13.6. The van der Waals surface area contributed by atoms with Crippen LogP contribution in [0, 0.1) is 5.92 Å². The number of hydrogen-bond acceptors (Lipinski definition) is 3. The van der Waals surface area contributed by atoms with E-state index >= 15 is 0 Å². The van der Waals surface area contributed by atoms with E-state index in [1.807, 2.05) is 0 Å². The molecule has 1 aliphatic rings. The maximum atomic E-state index is 11.1. The highest BCUT2D eigenvalue weighted by Gasteiger charge is 2.41. The predicted molar refractivity (Wildman–Crippen MR) is 76.9 cm³/mol. The van der Waals surface area contributed by atoms with Crippen LogP contribution in [0.1, 0.15) is 27.2 Å². The fourth-order valence-electron chi connectivity index (χ4n) is 2.12. The summed E-state index contributed by atoms with van der Waals surface area (Å²) in [7, 11) is -1.90. The number of hydrogen-bond donors (Lipinski definition) is 2. The largest absolute Gasteiger partial charge is 0.465 e. The molecule has 112 valence electrons. The second kappa shape index (κ2) is 5.81. The first kappa shape index (κ1) is 16.5. The van der Waals surface area contributed by atoms with Crippen LogP contribution in [0.3, 0.4) is 0 Å². The standard InChI is InChI=1S/C13H27NO4Si/c1-13(2,3)19(4,5)18-11-6-10(9-15)7-14(8-11)12(16)17/h10-11,15H,6-9H2,1-5H3,(H,16,17). The summed E-state index contributed by atoms with van der Waals surface area (Å²) in [6.07, 6.45) is -0.280. The molecule has 1 rings (SSSR count). The van der Waals surface area contributed by atoms with Crippen molar-refractivity contribution in [2.75, 3.05) is 19.7 Å². The number of rotatable bonds is 3. The van der Waals surface area contributed by atoms with Gasteiger partial charge in [-0.15, -0.1) is 0 Å². The van der Waals surface area contributed by atoms with E-state index < -0.39 is 14.4 Å². The van der Waals surface area contributed by atoms with Gasteiger partial charge in [-0.25, -0.2) is 4.79 Å². The van der Waals surface area contributed by atoms with Crippen molar-refractivity contribution in [1.82, 2.24) is 4.90 Å². The monoisotopic (exact) mass is 289 g/mol. The van der Waals surface area contributed by atoms with E-state index in [1.54, 1.807) is 0 Å². The second-order valence-electron chi connectivity index (χ2n) is 6.97. The van der Waals surface area contributed by atoms with E-state index in [2.05, 4.69) is 33.9 Å². The van der Waals surface area contributed by atoms with Crippen molar-refractivity contribution in [3.05, 3.63) is 0 Å². The Morgan fingerprint density at radius 2 is 1.95 bits per heavy atom. The van der Waals surface area contributed by atoms with Crippen LogP contribution in [-0.4, -0.2) is 55.3 Å². The van der Waals surface area contributed by atoms with Gasteiger partial charge < -0.3 is 19.5 Å². The predicted octanol–water partition coefficient (Wildman–Crippen LogP) is 2.37. The van der Waals surface area contributed by atoms with E-state index in [0.717, 1.165) is 6.42 Å². The molecule has 2 N–H and O–H groups in total. The van der Waals surface area contributed by atoms with Crippen LogP contribution in [0.25, 0.3) is 0 Å². The normalized spacial score (nSPS) is 25.5. The van der Waals surface area contributed by atoms with Crippen molar-refractivity contribution in [3.8, 4) is 0 Å². The van der Waals surface area contributed by atoms with Crippen molar-refractivity contribution in [2.45, 2.75) is 51.4 Å². The first-order chi connectivity index (χ1) is 8.56. The first-order valence-corrected chi connectivity index (χ1v) is 9.74. The molecule has 1 fully saturated rings. The molecule has 0 aromatic rings. The lowest BCUT2D eigenvalue weighted by Gasteiger charge is -2.43. The van der Waals surface area contributed by atoms with Gasteiger partial charge in [0.25, 0.3) is 0 Å². The van der Waals surface area contributed by atoms with Gasteiger partial charge in [0.15, 0.2) is 8.32 Å². The molecule has 6 heteroatoms. The van der Waals surface area contributed by atoms with Crippen molar-refractivity contribution < 1.29 is 19.4 Å².